The zero-order valence-corrected chi connectivity index (χ0v) is 22.7. The lowest BCUT2D eigenvalue weighted by Gasteiger charge is -2.47. The summed E-state index contributed by atoms with van der Waals surface area (Å²) < 4.78 is 1.33. The highest BCUT2D eigenvalue weighted by atomic mass is 32.2. The number of β-amino-alcohol motifs (C(OH)–C–C–N with tert-alkyl or cyclic N) is 1. The molecule has 2 amide bonds. The average Bonchev–Trinajstić information content (AvgIpc) is 3.61. The average molecular weight is 563 g/mol. The molecule has 14 nitrogen and oxygen atoms in total. The Kier molecular flexibility index (Phi) is 7.77. The van der Waals surface area contributed by atoms with Crippen molar-refractivity contribution in [3.05, 3.63) is 16.9 Å². The lowest BCUT2D eigenvalue weighted by atomic mass is 9.73. The molecule has 2 unspecified atom stereocenters. The van der Waals surface area contributed by atoms with Gasteiger partial charge in [-0.2, -0.15) is 0 Å². The predicted molar refractivity (Wildman–Crippen MR) is 138 cm³/mol. The number of carboxylic acid groups (broad SMARTS) is 1. The van der Waals surface area contributed by atoms with Crippen molar-refractivity contribution in [3.63, 3.8) is 0 Å². The van der Waals surface area contributed by atoms with Crippen LogP contribution in [0.25, 0.3) is 0 Å². The van der Waals surface area contributed by atoms with Gasteiger partial charge in [0, 0.05) is 48.2 Å². The van der Waals surface area contributed by atoms with E-state index in [0.717, 1.165) is 0 Å². The predicted octanol–water partition coefficient (Wildman–Crippen LogP) is -1.57. The highest BCUT2D eigenvalue weighted by Crippen LogP contribution is 2.53. The van der Waals surface area contributed by atoms with Crippen LogP contribution in [0, 0.1) is 17.8 Å². The number of nitrogens with zero attached hydrogens (tertiary/aromatic N) is 6. The summed E-state index contributed by atoms with van der Waals surface area (Å²) in [6.45, 7) is 5.00. The first kappa shape index (κ1) is 27.7. The number of β-lactam (4-membered cyclic amide) rings is 1. The van der Waals surface area contributed by atoms with Crippen molar-refractivity contribution in [3.8, 4) is 0 Å². The van der Waals surface area contributed by atoms with Crippen molar-refractivity contribution in [2.45, 2.75) is 69.1 Å². The number of ketones is 1. The number of nitrogens with one attached hydrogen (secondary N) is 1. The van der Waals surface area contributed by atoms with Gasteiger partial charge in [-0.3, -0.25) is 14.4 Å². The van der Waals surface area contributed by atoms with Gasteiger partial charge in [-0.1, -0.05) is 13.8 Å². The van der Waals surface area contributed by atoms with E-state index in [9.17, 15) is 29.4 Å². The summed E-state index contributed by atoms with van der Waals surface area (Å²) in [7, 11) is 0. The number of hydrogen-bond acceptors (Lipinski definition) is 11. The number of carbonyl (C=O) groups is 4. The summed E-state index contributed by atoms with van der Waals surface area (Å²) in [4.78, 5) is 54.7. The Morgan fingerprint density at radius 3 is 2.77 bits per heavy atom. The summed E-state index contributed by atoms with van der Waals surface area (Å²) in [6.07, 6.45) is 1.81. The number of rotatable bonds is 9. The zero-order chi connectivity index (χ0) is 28.0. The molecule has 5 rings (SSSR count). The maximum absolute atomic E-state index is 13.2. The first-order chi connectivity index (χ1) is 18.6. The molecule has 39 heavy (non-hydrogen) atoms. The summed E-state index contributed by atoms with van der Waals surface area (Å²) in [5.41, 5.74) is 5.87. The molecule has 0 aromatic carbocycles. The molecule has 0 spiro atoms. The van der Waals surface area contributed by atoms with Crippen molar-refractivity contribution in [1.29, 1.82) is 0 Å². The third-order valence-corrected chi connectivity index (χ3v) is 9.82. The van der Waals surface area contributed by atoms with Gasteiger partial charge in [0.1, 0.15) is 18.6 Å². The lowest BCUT2D eigenvalue weighted by Crippen LogP contribution is -2.62. The van der Waals surface area contributed by atoms with E-state index in [-0.39, 0.29) is 72.0 Å². The molecule has 1 aromatic heterocycles. The van der Waals surface area contributed by atoms with Gasteiger partial charge in [0.15, 0.2) is 5.78 Å². The number of fused-ring (bicyclic) bond motifs is 1. The van der Waals surface area contributed by atoms with Crippen LogP contribution < -0.4 is 11.1 Å². The van der Waals surface area contributed by atoms with E-state index in [2.05, 4.69) is 20.8 Å². The number of tetrazole rings is 1. The molecule has 3 saturated heterocycles. The quantitative estimate of drug-likeness (QED) is 0.253. The van der Waals surface area contributed by atoms with Gasteiger partial charge < -0.3 is 31.1 Å². The molecule has 4 aliphatic rings. The number of Topliss-reactive ketones (excluding diaryl/α,β-unsaturated/α-hetero) is 1. The number of aromatic nitrogens is 4. The molecular weight excluding hydrogens is 528 g/mol. The van der Waals surface area contributed by atoms with E-state index < -0.39 is 24.0 Å². The second-order valence-corrected chi connectivity index (χ2v) is 12.3. The van der Waals surface area contributed by atoms with Gasteiger partial charge >= 0.3 is 5.97 Å². The van der Waals surface area contributed by atoms with Crippen LogP contribution in [0.1, 0.15) is 33.1 Å². The van der Waals surface area contributed by atoms with Crippen molar-refractivity contribution in [2.75, 3.05) is 19.6 Å². The molecule has 3 fully saturated rings. The summed E-state index contributed by atoms with van der Waals surface area (Å²) >= 11 is 1.42. The first-order valence-corrected chi connectivity index (χ1v) is 14.1. The largest absolute Gasteiger partial charge is 0.477 e. The summed E-state index contributed by atoms with van der Waals surface area (Å²) in [5, 5.41) is 34.0. The number of amides is 2. The summed E-state index contributed by atoms with van der Waals surface area (Å²) in [6, 6.07) is -1.08. The normalized spacial score (nSPS) is 33.2. The van der Waals surface area contributed by atoms with Crippen LogP contribution in [-0.2, 0) is 25.7 Å². The Balaban J connectivity index is 1.22. The van der Waals surface area contributed by atoms with Gasteiger partial charge in [-0.25, -0.2) is 9.48 Å². The van der Waals surface area contributed by atoms with Crippen LogP contribution in [0.2, 0.25) is 0 Å². The molecule has 212 valence electrons. The molecule has 5 heterocycles. The monoisotopic (exact) mass is 562 g/mol. The fourth-order valence-corrected chi connectivity index (χ4v) is 7.76. The maximum Gasteiger partial charge on any atom is 0.353 e. The van der Waals surface area contributed by atoms with E-state index in [1.807, 2.05) is 13.8 Å². The van der Waals surface area contributed by atoms with Gasteiger partial charge in [0.2, 0.25) is 11.8 Å². The Bertz CT molecular complexity index is 1180. The van der Waals surface area contributed by atoms with Crippen LogP contribution in [0.4, 0.5) is 0 Å². The van der Waals surface area contributed by atoms with Gasteiger partial charge in [-0.05, 0) is 29.2 Å². The molecule has 4 aliphatic heterocycles. The van der Waals surface area contributed by atoms with Crippen molar-refractivity contribution < 1.29 is 29.4 Å². The van der Waals surface area contributed by atoms with E-state index >= 15 is 0 Å². The number of likely N-dealkylation sites (tertiary alicyclic amines) is 1. The maximum atomic E-state index is 13.2. The minimum absolute atomic E-state index is 0.00823. The minimum atomic E-state index is -1.15. The number of thioether (sulfide) groups is 1. The number of piperidine rings is 1. The topological polar surface area (TPSA) is 197 Å². The van der Waals surface area contributed by atoms with E-state index in [1.54, 1.807) is 4.90 Å². The minimum Gasteiger partial charge on any atom is -0.477 e. The molecular formula is C24H34N8O6S. The molecule has 15 heteroatoms. The molecule has 5 N–H and O–H groups in total. The highest BCUT2D eigenvalue weighted by molar-refractivity contribution is 8.03. The molecule has 0 radical (unpaired) electrons. The Morgan fingerprint density at radius 1 is 1.33 bits per heavy atom. The third kappa shape index (κ3) is 5.19. The van der Waals surface area contributed by atoms with Crippen LogP contribution in [-0.4, -0.2) is 113 Å². The number of aliphatic hydroxyl groups is 1. The molecule has 0 saturated carbocycles. The first-order valence-electron chi connectivity index (χ1n) is 13.2. The van der Waals surface area contributed by atoms with Gasteiger partial charge in [0.05, 0.1) is 24.1 Å². The highest BCUT2D eigenvalue weighted by Gasteiger charge is 2.60. The SMILES string of the molecule is C[C@@H](CC(=O)Cn1cnnn1)[C@H]1C(=O)N2C(C(=O)O)=C(S[C@@H]3CN[C@H](C(=O)N4CCC(N)C(O)C4)C3)[C@H](C)[C@H]12. The Morgan fingerprint density at radius 2 is 2.10 bits per heavy atom. The number of carboxylic acids is 1. The van der Waals surface area contributed by atoms with E-state index in [0.29, 0.717) is 30.8 Å². The molecule has 0 aliphatic carbocycles. The van der Waals surface area contributed by atoms with Crippen molar-refractivity contribution in [1.82, 2.24) is 35.3 Å². The van der Waals surface area contributed by atoms with E-state index in [1.165, 1.54) is 27.7 Å². The number of aliphatic hydroxyl groups excluding tert-OH is 1. The summed E-state index contributed by atoms with van der Waals surface area (Å²) in [5.74, 6) is -2.57. The second kappa shape index (κ2) is 10.9. The van der Waals surface area contributed by atoms with E-state index in [4.69, 9.17) is 5.73 Å². The van der Waals surface area contributed by atoms with Crippen molar-refractivity contribution in [2.24, 2.45) is 23.5 Å². The number of nitrogens with two attached hydrogens (primary N) is 1. The van der Waals surface area contributed by atoms with Crippen LogP contribution in [0.3, 0.4) is 0 Å². The third-order valence-electron chi connectivity index (χ3n) is 8.31. The number of hydrogen-bond donors (Lipinski definition) is 4. The molecule has 1 aromatic rings. The van der Waals surface area contributed by atoms with Gasteiger partial charge in [-0.15, -0.1) is 16.9 Å². The lowest BCUT2D eigenvalue weighted by molar-refractivity contribution is -0.160. The van der Waals surface area contributed by atoms with Crippen LogP contribution in [0.5, 0.6) is 0 Å². The molecule has 0 bridgehead atoms. The Hall–Kier alpha value is -2.88. The Labute approximate surface area is 229 Å². The van der Waals surface area contributed by atoms with Crippen LogP contribution >= 0.6 is 11.8 Å². The number of aliphatic carboxylic acids is 1. The smallest absolute Gasteiger partial charge is 0.353 e. The second-order valence-electron chi connectivity index (χ2n) is 11.0. The van der Waals surface area contributed by atoms with Crippen LogP contribution in [0.15, 0.2) is 16.9 Å². The van der Waals surface area contributed by atoms with Crippen molar-refractivity contribution >= 4 is 35.3 Å². The zero-order valence-electron chi connectivity index (χ0n) is 21.8. The fraction of sp³-hybridized carbons (Fsp3) is 0.708. The van der Waals surface area contributed by atoms with Gasteiger partial charge in [0.25, 0.3) is 0 Å². The fourth-order valence-electron chi connectivity index (χ4n) is 6.28. The standard InChI is InChI=1S/C24H34N8O6S/c1-11(5-13(33)8-31-10-27-28-29-31)18-19-12(2)21(20(24(37)38)32(19)23(18)36)39-14-6-16(26-7-14)22(35)30-4-3-15(25)17(34)9-30/h10-12,14-19,26,34H,3-9,25H2,1-2H3,(H,37,38)/t11-,12+,14-,15?,16-,17?,18+,19+/m0/s1. The number of carbonyl (C=O) groups excluding carboxylic acids is 3. The molecule has 8 atom stereocenters.